The number of rotatable bonds is 19. The van der Waals surface area contributed by atoms with Crippen molar-refractivity contribution < 1.29 is 14.6 Å². The predicted octanol–water partition coefficient (Wildman–Crippen LogP) is 6.56. The van der Waals surface area contributed by atoms with Crippen LogP contribution in [-0.2, 0) is 9.53 Å². The van der Waals surface area contributed by atoms with Gasteiger partial charge in [-0.1, -0.05) is 90.9 Å². The molecule has 0 amide bonds. The van der Waals surface area contributed by atoms with E-state index in [0.29, 0.717) is 13.0 Å². The zero-order chi connectivity index (χ0) is 18.6. The molecule has 0 rings (SSSR count). The Morgan fingerprint density at radius 3 is 1.76 bits per heavy atom. The van der Waals surface area contributed by atoms with E-state index in [1.165, 1.54) is 57.8 Å². The number of ether oxygens (including phenoxy) is 1. The average Bonchev–Trinajstić information content (AvgIpc) is 2.60. The van der Waals surface area contributed by atoms with Gasteiger partial charge in [0.2, 0.25) is 0 Å². The number of unbranched alkanes of at least 4 members (excludes halogenated alkanes) is 11. The number of carbonyl (C=O) groups is 1. The van der Waals surface area contributed by atoms with E-state index >= 15 is 0 Å². The molecule has 25 heavy (non-hydrogen) atoms. The number of aliphatic hydroxyl groups is 1. The molecule has 1 N–H and O–H groups in total. The molecule has 0 aliphatic rings. The average molecular weight is 357 g/mol. The molecule has 0 spiro atoms. The molecule has 0 aliphatic heterocycles. The lowest BCUT2D eigenvalue weighted by Gasteiger charge is -2.10. The van der Waals surface area contributed by atoms with Crippen molar-refractivity contribution >= 4 is 5.97 Å². The number of hydrogen-bond donors (Lipinski definition) is 1. The van der Waals surface area contributed by atoms with E-state index in [2.05, 4.69) is 13.8 Å². The second-order valence-corrected chi connectivity index (χ2v) is 7.44. The van der Waals surface area contributed by atoms with Crippen molar-refractivity contribution in [3.05, 3.63) is 0 Å². The quantitative estimate of drug-likeness (QED) is 0.210. The van der Waals surface area contributed by atoms with Gasteiger partial charge in [-0.25, -0.2) is 0 Å². The van der Waals surface area contributed by atoms with E-state index in [0.717, 1.165) is 44.9 Å². The minimum atomic E-state index is -0.0830. The zero-order valence-electron chi connectivity index (χ0n) is 17.1. The van der Waals surface area contributed by atoms with Gasteiger partial charge in [0.05, 0.1) is 12.7 Å². The Hall–Kier alpha value is -0.570. The van der Waals surface area contributed by atoms with Crippen LogP contribution in [0, 0.1) is 0 Å². The van der Waals surface area contributed by atoms with E-state index in [-0.39, 0.29) is 12.1 Å². The summed E-state index contributed by atoms with van der Waals surface area (Å²) in [4.78, 5) is 11.4. The number of carbonyl (C=O) groups excluding carboxylic acids is 1. The summed E-state index contributed by atoms with van der Waals surface area (Å²) in [5.74, 6) is -0.0304. The third-order valence-corrected chi connectivity index (χ3v) is 4.82. The molecule has 3 nitrogen and oxygen atoms in total. The van der Waals surface area contributed by atoms with Gasteiger partial charge in [-0.3, -0.25) is 4.79 Å². The molecule has 0 aliphatic carbocycles. The Labute approximate surface area is 156 Å². The van der Waals surface area contributed by atoms with Gasteiger partial charge in [-0.05, 0) is 25.7 Å². The molecular weight excluding hydrogens is 312 g/mol. The minimum absolute atomic E-state index is 0.0304. The fraction of sp³-hybridized carbons (Fsp3) is 0.955. The summed E-state index contributed by atoms with van der Waals surface area (Å²) in [7, 11) is 0. The molecule has 0 radical (unpaired) electrons. The molecule has 0 aromatic carbocycles. The van der Waals surface area contributed by atoms with Crippen molar-refractivity contribution in [1.29, 1.82) is 0 Å². The number of aliphatic hydroxyl groups excluding tert-OH is 1. The normalized spacial score (nSPS) is 12.3. The van der Waals surface area contributed by atoms with Gasteiger partial charge < -0.3 is 9.84 Å². The van der Waals surface area contributed by atoms with E-state index in [4.69, 9.17) is 4.74 Å². The van der Waals surface area contributed by atoms with Crippen molar-refractivity contribution in [2.45, 2.75) is 129 Å². The summed E-state index contributed by atoms with van der Waals surface area (Å²) in [5.41, 5.74) is 0. The van der Waals surface area contributed by atoms with Gasteiger partial charge in [-0.15, -0.1) is 0 Å². The maximum absolute atomic E-state index is 11.4. The molecule has 150 valence electrons. The highest BCUT2D eigenvalue weighted by atomic mass is 16.5. The van der Waals surface area contributed by atoms with Gasteiger partial charge in [-0.2, -0.15) is 0 Å². The second-order valence-electron chi connectivity index (χ2n) is 7.44. The van der Waals surface area contributed by atoms with Crippen LogP contribution in [0.5, 0.6) is 0 Å². The first kappa shape index (κ1) is 24.4. The van der Waals surface area contributed by atoms with E-state index < -0.39 is 0 Å². The van der Waals surface area contributed by atoms with Crippen molar-refractivity contribution in [2.75, 3.05) is 6.61 Å². The second kappa shape index (κ2) is 19.8. The molecule has 1 unspecified atom stereocenters. The summed E-state index contributed by atoms with van der Waals surface area (Å²) in [6, 6.07) is 0. The number of esters is 1. The van der Waals surface area contributed by atoms with Gasteiger partial charge in [0.25, 0.3) is 0 Å². The maximum atomic E-state index is 11.4. The molecule has 0 fully saturated rings. The summed E-state index contributed by atoms with van der Waals surface area (Å²) < 4.78 is 5.15. The fourth-order valence-corrected chi connectivity index (χ4v) is 3.06. The SMILES string of the molecule is CCCCCCCC(O)CCCCCCCCCC(=O)OCCCC. The monoisotopic (exact) mass is 356 g/mol. The zero-order valence-corrected chi connectivity index (χ0v) is 17.1. The predicted molar refractivity (Wildman–Crippen MR) is 107 cm³/mol. The van der Waals surface area contributed by atoms with Gasteiger partial charge in [0, 0.05) is 6.42 Å². The Bertz CT molecular complexity index is 278. The Morgan fingerprint density at radius 1 is 0.720 bits per heavy atom. The molecule has 0 heterocycles. The van der Waals surface area contributed by atoms with Crippen LogP contribution in [0.1, 0.15) is 123 Å². The Kier molecular flexibility index (Phi) is 19.3. The van der Waals surface area contributed by atoms with E-state index in [1.807, 2.05) is 0 Å². The highest BCUT2D eigenvalue weighted by molar-refractivity contribution is 5.69. The van der Waals surface area contributed by atoms with Crippen molar-refractivity contribution in [2.24, 2.45) is 0 Å². The van der Waals surface area contributed by atoms with Crippen LogP contribution in [0.3, 0.4) is 0 Å². The van der Waals surface area contributed by atoms with Crippen LogP contribution < -0.4 is 0 Å². The van der Waals surface area contributed by atoms with Gasteiger partial charge in [0.1, 0.15) is 0 Å². The van der Waals surface area contributed by atoms with Gasteiger partial charge >= 0.3 is 5.97 Å². The number of hydrogen-bond acceptors (Lipinski definition) is 3. The smallest absolute Gasteiger partial charge is 0.305 e. The van der Waals surface area contributed by atoms with Crippen LogP contribution in [0.15, 0.2) is 0 Å². The van der Waals surface area contributed by atoms with Crippen molar-refractivity contribution in [3.8, 4) is 0 Å². The fourth-order valence-electron chi connectivity index (χ4n) is 3.06. The van der Waals surface area contributed by atoms with E-state index in [9.17, 15) is 9.90 Å². The Morgan fingerprint density at radius 2 is 1.20 bits per heavy atom. The third kappa shape index (κ3) is 19.6. The lowest BCUT2D eigenvalue weighted by atomic mass is 10.0. The van der Waals surface area contributed by atoms with Crippen molar-refractivity contribution in [1.82, 2.24) is 0 Å². The van der Waals surface area contributed by atoms with Gasteiger partial charge in [0.15, 0.2) is 0 Å². The van der Waals surface area contributed by atoms with Crippen LogP contribution in [0.25, 0.3) is 0 Å². The first-order chi connectivity index (χ1) is 12.2. The molecule has 3 heteroatoms. The lowest BCUT2D eigenvalue weighted by Crippen LogP contribution is -2.06. The van der Waals surface area contributed by atoms with Crippen LogP contribution in [0.4, 0.5) is 0 Å². The highest BCUT2D eigenvalue weighted by Crippen LogP contribution is 2.14. The highest BCUT2D eigenvalue weighted by Gasteiger charge is 2.04. The molecular formula is C22H44O3. The third-order valence-electron chi connectivity index (χ3n) is 4.82. The Balaban J connectivity index is 3.21. The molecule has 0 saturated carbocycles. The first-order valence-corrected chi connectivity index (χ1v) is 11.0. The van der Waals surface area contributed by atoms with Crippen LogP contribution >= 0.6 is 0 Å². The molecule has 1 atom stereocenters. The molecule has 0 saturated heterocycles. The van der Waals surface area contributed by atoms with Crippen LogP contribution in [0.2, 0.25) is 0 Å². The standard InChI is InChI=1S/C22H44O3/c1-3-5-7-11-14-17-21(23)18-15-12-9-8-10-13-16-19-22(24)25-20-6-4-2/h21,23H,3-20H2,1-2H3. The summed E-state index contributed by atoms with van der Waals surface area (Å²) in [5, 5.41) is 9.96. The van der Waals surface area contributed by atoms with Crippen molar-refractivity contribution in [3.63, 3.8) is 0 Å². The molecule has 0 aromatic rings. The molecule has 0 bridgehead atoms. The summed E-state index contributed by atoms with van der Waals surface area (Å²) in [6.45, 7) is 4.92. The summed E-state index contributed by atoms with van der Waals surface area (Å²) >= 11 is 0. The topological polar surface area (TPSA) is 46.5 Å². The van der Waals surface area contributed by atoms with Crippen LogP contribution in [-0.4, -0.2) is 23.8 Å². The lowest BCUT2D eigenvalue weighted by molar-refractivity contribution is -0.143. The molecule has 0 aromatic heterocycles. The first-order valence-electron chi connectivity index (χ1n) is 11.0. The minimum Gasteiger partial charge on any atom is -0.466 e. The maximum Gasteiger partial charge on any atom is 0.305 e. The van der Waals surface area contributed by atoms with E-state index in [1.54, 1.807) is 0 Å². The largest absolute Gasteiger partial charge is 0.466 e. The summed E-state index contributed by atoms with van der Waals surface area (Å²) in [6.07, 6.45) is 19.1.